The van der Waals surface area contributed by atoms with Crippen molar-refractivity contribution in [1.29, 1.82) is 0 Å². The number of nitrogens with two attached hydrogens (primary N) is 1. The number of hydrogen-bond acceptors (Lipinski definition) is 6. The summed E-state index contributed by atoms with van der Waals surface area (Å²) in [6, 6.07) is 9.94. The lowest BCUT2D eigenvalue weighted by atomic mass is 10.0. The molecule has 29 heavy (non-hydrogen) atoms. The van der Waals surface area contributed by atoms with Crippen LogP contribution in [-0.2, 0) is 22.7 Å². The van der Waals surface area contributed by atoms with Crippen LogP contribution in [0.4, 0.5) is 11.4 Å². The predicted molar refractivity (Wildman–Crippen MR) is 110 cm³/mol. The van der Waals surface area contributed by atoms with E-state index in [0.717, 1.165) is 0 Å². The van der Waals surface area contributed by atoms with Gasteiger partial charge < -0.3 is 15.9 Å². The standard InChI is InChI=1S/C18H17Cl2N5O4/c19-14-8-13(21)9-15(20)17(14)23-18-22-5-6-24(18)16(26)7-11-3-1-2-4-12(11)10-29-25(27)28/h1-4,8-9H,5-7,10,21H2,(H,22,23). The smallest absolute Gasteiger partial charge is 0.294 e. The Morgan fingerprint density at radius 3 is 2.59 bits per heavy atom. The molecule has 3 N–H and O–H groups in total. The van der Waals surface area contributed by atoms with Crippen LogP contribution in [0.5, 0.6) is 0 Å². The second-order valence-electron chi connectivity index (χ2n) is 6.18. The average Bonchev–Trinajstić information content (AvgIpc) is 3.12. The monoisotopic (exact) mass is 437 g/mol. The molecular weight excluding hydrogens is 421 g/mol. The number of carbonyl (C=O) groups is 1. The van der Waals surface area contributed by atoms with Crippen LogP contribution >= 0.6 is 23.2 Å². The minimum absolute atomic E-state index is 0.0289. The van der Waals surface area contributed by atoms with Gasteiger partial charge in [0.2, 0.25) is 11.9 Å². The number of guanidine groups is 1. The zero-order chi connectivity index (χ0) is 21.0. The molecule has 1 aliphatic rings. The first-order chi connectivity index (χ1) is 13.8. The summed E-state index contributed by atoms with van der Waals surface area (Å²) in [6.07, 6.45) is 0.0289. The van der Waals surface area contributed by atoms with Crippen molar-refractivity contribution in [2.24, 2.45) is 4.99 Å². The summed E-state index contributed by atoms with van der Waals surface area (Å²) in [6.45, 7) is 0.697. The number of nitrogen functional groups attached to an aromatic ring is 1. The molecule has 0 aromatic heterocycles. The number of aliphatic imine (C=N–C) groups is 1. The molecule has 2 aromatic carbocycles. The number of nitrogens with one attached hydrogen (secondary N) is 1. The predicted octanol–water partition coefficient (Wildman–Crippen LogP) is 2.95. The lowest BCUT2D eigenvalue weighted by Crippen LogP contribution is -2.36. The van der Waals surface area contributed by atoms with Crippen LogP contribution in [-0.4, -0.2) is 34.9 Å². The van der Waals surface area contributed by atoms with Gasteiger partial charge in [0.15, 0.2) is 0 Å². The van der Waals surface area contributed by atoms with E-state index in [0.29, 0.717) is 41.6 Å². The van der Waals surface area contributed by atoms with Crippen LogP contribution in [0.2, 0.25) is 10.0 Å². The van der Waals surface area contributed by atoms with Gasteiger partial charge in [-0.1, -0.05) is 47.5 Å². The van der Waals surface area contributed by atoms with Crippen LogP contribution in [0, 0.1) is 10.1 Å². The van der Waals surface area contributed by atoms with Gasteiger partial charge in [-0.05, 0) is 23.3 Å². The van der Waals surface area contributed by atoms with Gasteiger partial charge in [-0.3, -0.25) is 9.69 Å². The van der Waals surface area contributed by atoms with Gasteiger partial charge in [0.25, 0.3) is 5.09 Å². The Kier molecular flexibility index (Phi) is 6.40. The summed E-state index contributed by atoms with van der Waals surface area (Å²) >= 11 is 12.4. The molecule has 0 atom stereocenters. The molecule has 11 heteroatoms. The molecule has 0 spiro atoms. The summed E-state index contributed by atoms with van der Waals surface area (Å²) in [5.74, 6) is 0.0904. The number of halogens is 2. The van der Waals surface area contributed by atoms with E-state index in [4.69, 9.17) is 28.9 Å². The molecule has 2 aromatic rings. The average molecular weight is 438 g/mol. The quantitative estimate of drug-likeness (QED) is 0.406. The molecule has 3 rings (SSSR count). The van der Waals surface area contributed by atoms with E-state index in [1.807, 2.05) is 0 Å². The van der Waals surface area contributed by atoms with E-state index in [9.17, 15) is 14.9 Å². The minimum Gasteiger partial charge on any atom is -0.399 e. The van der Waals surface area contributed by atoms with Crippen molar-refractivity contribution in [3.05, 3.63) is 67.7 Å². The Labute approximate surface area is 176 Å². The van der Waals surface area contributed by atoms with Crippen LogP contribution in [0.3, 0.4) is 0 Å². The fourth-order valence-corrected chi connectivity index (χ4v) is 3.46. The molecule has 0 aliphatic carbocycles. The molecule has 0 radical (unpaired) electrons. The van der Waals surface area contributed by atoms with Crippen LogP contribution in [0.25, 0.3) is 0 Å². The van der Waals surface area contributed by atoms with E-state index >= 15 is 0 Å². The van der Waals surface area contributed by atoms with Crippen LogP contribution < -0.4 is 11.1 Å². The first-order valence-electron chi connectivity index (χ1n) is 8.56. The highest BCUT2D eigenvalue weighted by molar-refractivity contribution is 6.39. The molecule has 1 fully saturated rings. The fraction of sp³-hybridized carbons (Fsp3) is 0.222. The third kappa shape index (κ3) is 5.07. The van der Waals surface area contributed by atoms with Gasteiger partial charge >= 0.3 is 0 Å². The third-order valence-corrected chi connectivity index (χ3v) is 4.79. The number of hydrogen-bond donors (Lipinski definition) is 2. The van der Waals surface area contributed by atoms with Crippen molar-refractivity contribution in [2.75, 3.05) is 18.8 Å². The van der Waals surface area contributed by atoms with Gasteiger partial charge in [-0.25, -0.2) is 4.99 Å². The molecule has 9 nitrogen and oxygen atoms in total. The number of benzene rings is 2. The maximum Gasteiger partial charge on any atom is 0.294 e. The maximum absolute atomic E-state index is 12.9. The van der Waals surface area contributed by atoms with Gasteiger partial charge in [0, 0.05) is 18.8 Å². The Morgan fingerprint density at radius 1 is 1.28 bits per heavy atom. The normalized spacial score (nSPS) is 14.7. The molecule has 152 valence electrons. The topological polar surface area (TPSA) is 123 Å². The molecule has 0 unspecified atom stereocenters. The molecule has 1 aliphatic heterocycles. The number of anilines is 1. The highest BCUT2D eigenvalue weighted by Gasteiger charge is 2.26. The van der Waals surface area contributed by atoms with Crippen molar-refractivity contribution in [1.82, 2.24) is 10.2 Å². The van der Waals surface area contributed by atoms with E-state index in [1.54, 1.807) is 24.3 Å². The first kappa shape index (κ1) is 20.7. The molecule has 0 bridgehead atoms. The van der Waals surface area contributed by atoms with Crippen molar-refractivity contribution < 1.29 is 14.7 Å². The summed E-state index contributed by atoms with van der Waals surface area (Å²) in [5, 5.41) is 13.2. The number of amides is 1. The summed E-state index contributed by atoms with van der Waals surface area (Å²) in [4.78, 5) is 33.7. The Hall–Kier alpha value is -3.04. The molecule has 1 amide bonds. The second kappa shape index (κ2) is 8.97. The van der Waals surface area contributed by atoms with Gasteiger partial charge in [-0.2, -0.15) is 0 Å². The van der Waals surface area contributed by atoms with E-state index in [1.165, 1.54) is 17.0 Å². The number of rotatable bonds is 6. The molecule has 1 heterocycles. The fourth-order valence-electron chi connectivity index (χ4n) is 2.87. The molecule has 1 saturated heterocycles. The Morgan fingerprint density at radius 2 is 1.93 bits per heavy atom. The van der Waals surface area contributed by atoms with Crippen molar-refractivity contribution >= 4 is 46.4 Å². The van der Waals surface area contributed by atoms with Crippen molar-refractivity contribution in [2.45, 2.75) is 13.0 Å². The van der Waals surface area contributed by atoms with Crippen molar-refractivity contribution in [3.63, 3.8) is 0 Å². The third-order valence-electron chi connectivity index (χ3n) is 4.22. The van der Waals surface area contributed by atoms with Crippen LogP contribution in [0.15, 0.2) is 41.4 Å². The first-order valence-corrected chi connectivity index (χ1v) is 9.32. The number of nitrogens with zero attached hydrogens (tertiary/aromatic N) is 3. The minimum atomic E-state index is -0.867. The largest absolute Gasteiger partial charge is 0.399 e. The van der Waals surface area contributed by atoms with E-state index in [-0.39, 0.29) is 29.0 Å². The summed E-state index contributed by atoms with van der Waals surface area (Å²) in [7, 11) is 0. The summed E-state index contributed by atoms with van der Waals surface area (Å²) < 4.78 is 0. The van der Waals surface area contributed by atoms with Gasteiger partial charge in [-0.15, -0.1) is 10.1 Å². The molecule has 0 saturated carbocycles. The van der Waals surface area contributed by atoms with E-state index < -0.39 is 5.09 Å². The zero-order valence-electron chi connectivity index (χ0n) is 15.1. The Balaban J connectivity index is 1.81. The summed E-state index contributed by atoms with van der Waals surface area (Å²) in [5.41, 5.74) is 7.62. The zero-order valence-corrected chi connectivity index (χ0v) is 16.6. The highest BCUT2D eigenvalue weighted by Crippen LogP contribution is 2.35. The lowest BCUT2D eigenvalue weighted by Gasteiger charge is -2.17. The van der Waals surface area contributed by atoms with Crippen LogP contribution in [0.1, 0.15) is 11.1 Å². The molecular formula is C18H17Cl2N5O4. The highest BCUT2D eigenvalue weighted by atomic mass is 35.5. The number of carbonyl (C=O) groups excluding carboxylic acids is 1. The lowest BCUT2D eigenvalue weighted by molar-refractivity contribution is -0.763. The van der Waals surface area contributed by atoms with E-state index in [2.05, 4.69) is 15.1 Å². The van der Waals surface area contributed by atoms with Gasteiger partial charge in [0.1, 0.15) is 12.3 Å². The Bertz CT molecular complexity index is 959. The maximum atomic E-state index is 12.9. The second-order valence-corrected chi connectivity index (χ2v) is 7.00. The van der Waals surface area contributed by atoms with Gasteiger partial charge in [0.05, 0.1) is 16.5 Å². The SMILES string of the molecule is Nc1cc(Cl)c(/N=C2\NCCN2C(=O)Cc2ccccc2CO[N+](=O)[O-])c(Cl)c1. The van der Waals surface area contributed by atoms with Crippen molar-refractivity contribution in [3.8, 4) is 0 Å².